The molecule has 0 fully saturated rings. The molecule has 1 aliphatic heterocycles. The lowest BCUT2D eigenvalue weighted by Crippen LogP contribution is -2.45. The zero-order valence-corrected chi connectivity index (χ0v) is 20.0. The average Bonchev–Trinajstić information content (AvgIpc) is 2.98. The Balaban J connectivity index is 1.73. The van der Waals surface area contributed by atoms with Crippen molar-refractivity contribution in [1.29, 1.82) is 0 Å². The van der Waals surface area contributed by atoms with Gasteiger partial charge in [-0.1, -0.05) is 65.7 Å². The van der Waals surface area contributed by atoms with Crippen LogP contribution in [0.3, 0.4) is 0 Å². The van der Waals surface area contributed by atoms with E-state index in [0.29, 0.717) is 33.3 Å². The molecule has 0 unspecified atom stereocenters. The first kappa shape index (κ1) is 24.1. The number of fused-ring (bicyclic) bond motifs is 1. The zero-order chi connectivity index (χ0) is 25.6. The normalized spacial score (nSPS) is 19.8. The molecule has 0 spiro atoms. The Morgan fingerprint density at radius 1 is 0.972 bits per heavy atom. The van der Waals surface area contributed by atoms with E-state index in [-0.39, 0.29) is 29.4 Å². The van der Waals surface area contributed by atoms with Crippen molar-refractivity contribution in [2.75, 3.05) is 10.2 Å². The number of benzene rings is 3. The number of ketones is 1. The first-order valence-corrected chi connectivity index (χ1v) is 11.9. The number of carbonyl (C=O) groups excluding carboxylic acids is 2. The number of alkyl halides is 3. The third-order valence-corrected chi connectivity index (χ3v) is 6.90. The Hall–Kier alpha value is -3.58. The molecule has 0 saturated carbocycles. The summed E-state index contributed by atoms with van der Waals surface area (Å²) in [6.45, 7) is 1.97. The molecule has 2 atom stereocenters. The van der Waals surface area contributed by atoms with Crippen LogP contribution >= 0.6 is 11.6 Å². The predicted molar refractivity (Wildman–Crippen MR) is 133 cm³/mol. The Morgan fingerprint density at radius 2 is 1.69 bits per heavy atom. The first-order chi connectivity index (χ1) is 17.1. The van der Waals surface area contributed by atoms with E-state index in [1.807, 2.05) is 31.2 Å². The maximum Gasteiger partial charge on any atom is 0.471 e. The lowest BCUT2D eigenvalue weighted by Gasteiger charge is -2.35. The van der Waals surface area contributed by atoms with Crippen LogP contribution in [0.5, 0.6) is 0 Å². The zero-order valence-electron chi connectivity index (χ0n) is 19.3. The van der Waals surface area contributed by atoms with E-state index in [2.05, 4.69) is 5.32 Å². The van der Waals surface area contributed by atoms with E-state index in [9.17, 15) is 22.8 Å². The lowest BCUT2D eigenvalue weighted by atomic mass is 9.78. The van der Waals surface area contributed by atoms with Crippen molar-refractivity contribution >= 4 is 34.7 Å². The second-order valence-electron chi connectivity index (χ2n) is 9.10. The topological polar surface area (TPSA) is 49.4 Å². The fourth-order valence-electron chi connectivity index (χ4n) is 5.02. The quantitative estimate of drug-likeness (QED) is 0.399. The molecule has 184 valence electrons. The highest BCUT2D eigenvalue weighted by Gasteiger charge is 2.50. The van der Waals surface area contributed by atoms with E-state index in [1.54, 1.807) is 36.4 Å². The third-order valence-electron chi connectivity index (χ3n) is 6.66. The molecule has 0 radical (unpaired) electrons. The number of amides is 1. The molecule has 1 amide bonds. The van der Waals surface area contributed by atoms with Crippen LogP contribution in [0.4, 0.5) is 24.5 Å². The number of Topliss-reactive ketones (excluding diaryl/α,β-unsaturated/α-hetero) is 1. The van der Waals surface area contributed by atoms with E-state index >= 15 is 0 Å². The monoisotopic (exact) mass is 510 g/mol. The van der Waals surface area contributed by atoms with Gasteiger partial charge in [0.2, 0.25) is 0 Å². The van der Waals surface area contributed by atoms with Gasteiger partial charge in [-0.15, -0.1) is 0 Å². The van der Waals surface area contributed by atoms with Crippen LogP contribution < -0.4 is 10.2 Å². The highest BCUT2D eigenvalue weighted by Crippen LogP contribution is 2.48. The van der Waals surface area contributed by atoms with E-state index in [1.165, 1.54) is 12.1 Å². The maximum atomic E-state index is 13.9. The van der Waals surface area contributed by atoms with Gasteiger partial charge in [0.1, 0.15) is 0 Å². The Morgan fingerprint density at radius 3 is 2.39 bits per heavy atom. The van der Waals surface area contributed by atoms with Gasteiger partial charge in [0.05, 0.1) is 17.4 Å². The maximum absolute atomic E-state index is 13.9. The average molecular weight is 511 g/mol. The number of carbonyl (C=O) groups is 2. The van der Waals surface area contributed by atoms with Crippen LogP contribution in [0.15, 0.2) is 84.1 Å². The van der Waals surface area contributed by atoms with Gasteiger partial charge in [-0.05, 0) is 54.7 Å². The smallest absolute Gasteiger partial charge is 0.357 e. The molecular formula is C28H22ClF3N2O2. The van der Waals surface area contributed by atoms with Crippen LogP contribution in [0.25, 0.3) is 0 Å². The third kappa shape index (κ3) is 4.39. The SMILES string of the molecule is Cc1ccc([C@H]2CC(=O)C3=C(C2)Nc2ccccc2N(C(=O)C(F)(F)F)[C@H]3c2cccc(Cl)c2)cc1. The standard InChI is InChI=1S/C28H22ClF3N2O2/c1-16-9-11-17(12-10-16)19-14-22-25(24(35)15-19)26(18-5-4-6-20(29)13-18)34(27(36)28(30,31)32)23-8-3-2-7-21(23)33-22/h2-13,19,26,33H,14-15H2,1H3/t19-,26+/m1/s1. The minimum atomic E-state index is -5.16. The van der Waals surface area contributed by atoms with Gasteiger partial charge < -0.3 is 5.32 Å². The molecule has 0 aromatic heterocycles. The molecule has 3 aromatic rings. The lowest BCUT2D eigenvalue weighted by molar-refractivity contribution is -0.170. The van der Waals surface area contributed by atoms with Crippen LogP contribution in [0, 0.1) is 6.92 Å². The Kier molecular flexibility index (Phi) is 6.12. The fraction of sp³-hybridized carbons (Fsp3) is 0.214. The first-order valence-electron chi connectivity index (χ1n) is 11.5. The van der Waals surface area contributed by atoms with Gasteiger partial charge in [0.15, 0.2) is 5.78 Å². The number of nitrogens with one attached hydrogen (secondary N) is 1. The molecule has 0 bridgehead atoms. The summed E-state index contributed by atoms with van der Waals surface area (Å²) in [5.41, 5.74) is 3.41. The minimum Gasteiger partial charge on any atom is -0.357 e. The number of halogens is 4. The molecule has 8 heteroatoms. The highest BCUT2D eigenvalue weighted by molar-refractivity contribution is 6.30. The molecule has 36 heavy (non-hydrogen) atoms. The Bertz CT molecular complexity index is 1380. The van der Waals surface area contributed by atoms with Gasteiger partial charge in [-0.25, -0.2) is 0 Å². The highest BCUT2D eigenvalue weighted by atomic mass is 35.5. The van der Waals surface area contributed by atoms with Gasteiger partial charge in [0, 0.05) is 22.7 Å². The summed E-state index contributed by atoms with van der Waals surface area (Å²) in [6.07, 6.45) is -4.63. The number of hydrogen-bond donors (Lipinski definition) is 1. The van der Waals surface area contributed by atoms with Crippen molar-refractivity contribution < 1.29 is 22.8 Å². The summed E-state index contributed by atoms with van der Waals surface area (Å²) in [5, 5.41) is 3.51. The van der Waals surface area contributed by atoms with Crippen molar-refractivity contribution in [1.82, 2.24) is 0 Å². The van der Waals surface area contributed by atoms with E-state index < -0.39 is 18.1 Å². The summed E-state index contributed by atoms with van der Waals surface area (Å²) in [5.74, 6) is -2.52. The molecule has 1 N–H and O–H groups in total. The van der Waals surface area contributed by atoms with Gasteiger partial charge in [0.25, 0.3) is 0 Å². The van der Waals surface area contributed by atoms with Crippen LogP contribution in [0.1, 0.15) is 41.5 Å². The summed E-state index contributed by atoms with van der Waals surface area (Å²) in [6, 6.07) is 19.2. The summed E-state index contributed by atoms with van der Waals surface area (Å²) < 4.78 is 41.8. The van der Waals surface area contributed by atoms with Crippen molar-refractivity contribution in [3.05, 3.63) is 106 Å². The predicted octanol–water partition coefficient (Wildman–Crippen LogP) is 7.11. The molecule has 4 nitrogen and oxygen atoms in total. The number of allylic oxidation sites excluding steroid dienone is 1. The number of rotatable bonds is 2. The van der Waals surface area contributed by atoms with Crippen molar-refractivity contribution in [2.45, 2.75) is 37.9 Å². The van der Waals surface area contributed by atoms with Crippen LogP contribution in [-0.4, -0.2) is 17.9 Å². The van der Waals surface area contributed by atoms with Gasteiger partial charge in [-0.3, -0.25) is 14.5 Å². The van der Waals surface area contributed by atoms with Gasteiger partial charge in [-0.2, -0.15) is 13.2 Å². The molecule has 1 aliphatic carbocycles. The van der Waals surface area contributed by atoms with E-state index in [4.69, 9.17) is 11.6 Å². The number of aryl methyl sites for hydroxylation is 1. The minimum absolute atomic E-state index is 0.0406. The fourth-order valence-corrected chi connectivity index (χ4v) is 5.22. The summed E-state index contributed by atoms with van der Waals surface area (Å²) >= 11 is 6.21. The largest absolute Gasteiger partial charge is 0.471 e. The van der Waals surface area contributed by atoms with Crippen LogP contribution in [0.2, 0.25) is 5.02 Å². The molecule has 1 heterocycles. The summed E-state index contributed by atoms with van der Waals surface area (Å²) in [4.78, 5) is 27.3. The van der Waals surface area contributed by atoms with E-state index in [0.717, 1.165) is 11.1 Å². The molecule has 2 aliphatic rings. The second-order valence-corrected chi connectivity index (χ2v) is 9.54. The van der Waals surface area contributed by atoms with Crippen LogP contribution in [-0.2, 0) is 9.59 Å². The van der Waals surface area contributed by atoms with Crippen molar-refractivity contribution in [2.24, 2.45) is 0 Å². The number of anilines is 2. The number of hydrogen-bond acceptors (Lipinski definition) is 3. The second kappa shape index (κ2) is 9.13. The molecular weight excluding hydrogens is 489 g/mol. The van der Waals surface area contributed by atoms with Gasteiger partial charge >= 0.3 is 12.1 Å². The van der Waals surface area contributed by atoms with Crippen molar-refractivity contribution in [3.63, 3.8) is 0 Å². The number of para-hydroxylation sites is 2. The van der Waals surface area contributed by atoms with Crippen molar-refractivity contribution in [3.8, 4) is 0 Å². The molecule has 0 saturated heterocycles. The molecule has 3 aromatic carbocycles. The Labute approximate surface area is 211 Å². The summed E-state index contributed by atoms with van der Waals surface area (Å²) in [7, 11) is 0. The number of nitrogens with zero attached hydrogens (tertiary/aromatic N) is 1. The molecule has 5 rings (SSSR count).